The van der Waals surface area contributed by atoms with Gasteiger partial charge in [-0.2, -0.15) is 5.10 Å². The van der Waals surface area contributed by atoms with Gasteiger partial charge < -0.3 is 5.73 Å². The molecule has 108 valence electrons. The number of nitrogens with zero attached hydrogens (tertiary/aromatic N) is 2. The van der Waals surface area contributed by atoms with Crippen LogP contribution in [0.2, 0.25) is 10.0 Å². The Morgan fingerprint density at radius 1 is 1.40 bits per heavy atom. The SMILES string of the molecule is CCc1nn(C)c(CC(N)c2c(F)cccc2Cl)c1Cl. The van der Waals surface area contributed by atoms with E-state index in [9.17, 15) is 4.39 Å². The van der Waals surface area contributed by atoms with Crippen molar-refractivity contribution in [2.45, 2.75) is 25.8 Å². The Labute approximate surface area is 127 Å². The lowest BCUT2D eigenvalue weighted by Gasteiger charge is -2.15. The van der Waals surface area contributed by atoms with E-state index in [0.29, 0.717) is 22.0 Å². The van der Waals surface area contributed by atoms with E-state index in [4.69, 9.17) is 28.9 Å². The lowest BCUT2D eigenvalue weighted by Crippen LogP contribution is -2.17. The fraction of sp³-hybridized carbons (Fsp3) is 0.357. The van der Waals surface area contributed by atoms with Crippen LogP contribution in [-0.4, -0.2) is 9.78 Å². The maximum absolute atomic E-state index is 13.9. The van der Waals surface area contributed by atoms with E-state index >= 15 is 0 Å². The quantitative estimate of drug-likeness (QED) is 0.935. The summed E-state index contributed by atoms with van der Waals surface area (Å²) in [6, 6.07) is 3.97. The molecule has 0 radical (unpaired) electrons. The maximum Gasteiger partial charge on any atom is 0.129 e. The van der Waals surface area contributed by atoms with E-state index in [1.165, 1.54) is 6.07 Å². The van der Waals surface area contributed by atoms with Crippen molar-refractivity contribution >= 4 is 23.2 Å². The van der Waals surface area contributed by atoms with Crippen LogP contribution in [0.5, 0.6) is 0 Å². The standard InChI is InChI=1S/C14H16Cl2FN3/c1-3-11-14(16)12(20(2)19-11)7-10(18)13-8(15)5-4-6-9(13)17/h4-6,10H,3,7,18H2,1-2H3. The van der Waals surface area contributed by atoms with E-state index < -0.39 is 11.9 Å². The maximum atomic E-state index is 13.9. The highest BCUT2D eigenvalue weighted by molar-refractivity contribution is 6.32. The van der Waals surface area contributed by atoms with Gasteiger partial charge in [0.2, 0.25) is 0 Å². The summed E-state index contributed by atoms with van der Waals surface area (Å²) in [7, 11) is 1.80. The van der Waals surface area contributed by atoms with E-state index in [1.807, 2.05) is 6.92 Å². The second kappa shape index (κ2) is 6.12. The Morgan fingerprint density at radius 3 is 2.65 bits per heavy atom. The van der Waals surface area contributed by atoms with Gasteiger partial charge in [0.15, 0.2) is 0 Å². The summed E-state index contributed by atoms with van der Waals surface area (Å²) in [5.41, 5.74) is 8.01. The van der Waals surface area contributed by atoms with Crippen molar-refractivity contribution in [3.63, 3.8) is 0 Å². The molecule has 0 aliphatic heterocycles. The summed E-state index contributed by atoms with van der Waals surface area (Å²) in [6.45, 7) is 1.98. The van der Waals surface area contributed by atoms with Crippen LogP contribution >= 0.6 is 23.2 Å². The van der Waals surface area contributed by atoms with Crippen molar-refractivity contribution in [3.05, 3.63) is 51.0 Å². The molecule has 1 heterocycles. The lowest BCUT2D eigenvalue weighted by atomic mass is 10.0. The third-order valence-corrected chi connectivity index (χ3v) is 4.05. The first-order valence-corrected chi connectivity index (χ1v) is 7.11. The number of hydrogen-bond donors (Lipinski definition) is 1. The lowest BCUT2D eigenvalue weighted by molar-refractivity contribution is 0.569. The molecule has 3 nitrogen and oxygen atoms in total. The summed E-state index contributed by atoms with van der Waals surface area (Å²) in [5.74, 6) is -0.404. The van der Waals surface area contributed by atoms with E-state index in [1.54, 1.807) is 23.9 Å². The van der Waals surface area contributed by atoms with Gasteiger partial charge in [-0.05, 0) is 18.6 Å². The van der Waals surface area contributed by atoms with Crippen molar-refractivity contribution < 1.29 is 4.39 Å². The van der Waals surface area contributed by atoms with Crippen LogP contribution in [0.1, 0.15) is 29.9 Å². The summed E-state index contributed by atoms with van der Waals surface area (Å²) in [4.78, 5) is 0. The second-order valence-corrected chi connectivity index (χ2v) is 5.42. The third-order valence-electron chi connectivity index (χ3n) is 3.29. The van der Waals surface area contributed by atoms with Gasteiger partial charge in [0.05, 0.1) is 16.4 Å². The zero-order valence-corrected chi connectivity index (χ0v) is 12.8. The molecular weight excluding hydrogens is 300 g/mol. The molecule has 0 aliphatic rings. The summed E-state index contributed by atoms with van der Waals surface area (Å²) < 4.78 is 15.5. The second-order valence-electron chi connectivity index (χ2n) is 4.63. The largest absolute Gasteiger partial charge is 0.323 e. The molecule has 0 saturated carbocycles. The number of aryl methyl sites for hydroxylation is 2. The van der Waals surface area contributed by atoms with Crippen molar-refractivity contribution in [2.75, 3.05) is 0 Å². The van der Waals surface area contributed by atoms with Crippen LogP contribution in [0.4, 0.5) is 4.39 Å². The Morgan fingerprint density at radius 2 is 2.10 bits per heavy atom. The normalized spacial score (nSPS) is 12.7. The van der Waals surface area contributed by atoms with Gasteiger partial charge in [0, 0.05) is 30.1 Å². The van der Waals surface area contributed by atoms with Crippen LogP contribution < -0.4 is 5.73 Å². The number of rotatable bonds is 4. The number of hydrogen-bond acceptors (Lipinski definition) is 2. The Hall–Kier alpha value is -1.10. The zero-order valence-electron chi connectivity index (χ0n) is 11.3. The molecule has 20 heavy (non-hydrogen) atoms. The highest BCUT2D eigenvalue weighted by atomic mass is 35.5. The highest BCUT2D eigenvalue weighted by Crippen LogP contribution is 2.29. The first-order chi connectivity index (χ1) is 9.45. The minimum absolute atomic E-state index is 0.310. The first kappa shape index (κ1) is 15.3. The minimum Gasteiger partial charge on any atom is -0.323 e. The van der Waals surface area contributed by atoms with Gasteiger partial charge in [0.25, 0.3) is 0 Å². The zero-order chi connectivity index (χ0) is 14.9. The molecule has 1 unspecified atom stereocenters. The van der Waals surface area contributed by atoms with Crippen LogP contribution in [0.3, 0.4) is 0 Å². The van der Waals surface area contributed by atoms with Crippen LogP contribution in [-0.2, 0) is 19.9 Å². The molecule has 0 saturated heterocycles. The molecule has 0 spiro atoms. The van der Waals surface area contributed by atoms with E-state index in [-0.39, 0.29) is 0 Å². The summed E-state index contributed by atoms with van der Waals surface area (Å²) in [6.07, 6.45) is 1.12. The Balaban J connectivity index is 2.33. The molecule has 0 amide bonds. The first-order valence-electron chi connectivity index (χ1n) is 6.35. The topological polar surface area (TPSA) is 43.8 Å². The number of nitrogens with two attached hydrogens (primary N) is 1. The van der Waals surface area contributed by atoms with Gasteiger partial charge in [-0.3, -0.25) is 4.68 Å². The average Bonchev–Trinajstić information content (AvgIpc) is 2.66. The molecule has 0 aliphatic carbocycles. The molecule has 1 aromatic heterocycles. The predicted molar refractivity (Wildman–Crippen MR) is 79.6 cm³/mol. The molecule has 0 fully saturated rings. The molecular formula is C14H16Cl2FN3. The average molecular weight is 316 g/mol. The van der Waals surface area contributed by atoms with Crippen LogP contribution in [0.15, 0.2) is 18.2 Å². The predicted octanol–water partition coefficient (Wildman–Crippen LogP) is 3.67. The van der Waals surface area contributed by atoms with Gasteiger partial charge in [-0.15, -0.1) is 0 Å². The summed E-state index contributed by atoms with van der Waals surface area (Å²) in [5, 5.41) is 5.24. The molecule has 2 rings (SSSR count). The molecule has 1 aromatic carbocycles. The Kier molecular flexibility index (Phi) is 4.68. The molecule has 2 N–H and O–H groups in total. The number of aromatic nitrogens is 2. The van der Waals surface area contributed by atoms with Crippen molar-refractivity contribution in [2.24, 2.45) is 12.8 Å². The van der Waals surface area contributed by atoms with E-state index in [2.05, 4.69) is 5.10 Å². The van der Waals surface area contributed by atoms with Crippen LogP contribution in [0.25, 0.3) is 0 Å². The molecule has 6 heteroatoms. The molecule has 0 bridgehead atoms. The smallest absolute Gasteiger partial charge is 0.129 e. The van der Waals surface area contributed by atoms with Gasteiger partial charge in [0.1, 0.15) is 5.82 Å². The van der Waals surface area contributed by atoms with Crippen molar-refractivity contribution in [3.8, 4) is 0 Å². The number of halogens is 3. The fourth-order valence-electron chi connectivity index (χ4n) is 2.22. The van der Waals surface area contributed by atoms with Crippen molar-refractivity contribution in [1.29, 1.82) is 0 Å². The highest BCUT2D eigenvalue weighted by Gasteiger charge is 2.20. The van der Waals surface area contributed by atoms with Gasteiger partial charge in [-0.1, -0.05) is 36.2 Å². The Bertz CT molecular complexity index is 605. The minimum atomic E-state index is -0.568. The molecule has 2 aromatic rings. The number of benzene rings is 1. The van der Waals surface area contributed by atoms with Crippen molar-refractivity contribution in [1.82, 2.24) is 9.78 Å². The fourth-order valence-corrected chi connectivity index (χ4v) is 2.89. The van der Waals surface area contributed by atoms with Crippen LogP contribution in [0, 0.1) is 5.82 Å². The third kappa shape index (κ3) is 2.82. The monoisotopic (exact) mass is 315 g/mol. The molecule has 1 atom stereocenters. The summed E-state index contributed by atoms with van der Waals surface area (Å²) >= 11 is 12.3. The van der Waals surface area contributed by atoms with E-state index in [0.717, 1.165) is 17.8 Å². The van der Waals surface area contributed by atoms with Gasteiger partial charge in [-0.25, -0.2) is 4.39 Å². The van der Waals surface area contributed by atoms with Gasteiger partial charge >= 0.3 is 0 Å².